The lowest BCUT2D eigenvalue weighted by atomic mass is 9.84. The van der Waals surface area contributed by atoms with Crippen LogP contribution in [-0.2, 0) is 18.7 Å². The number of hydrogen-bond donors (Lipinski definition) is 0. The van der Waals surface area contributed by atoms with Crippen molar-refractivity contribution in [2.75, 3.05) is 13.2 Å². The average molecular weight is 519 g/mol. The minimum absolute atomic E-state index is 0.0918. The second-order valence-corrected chi connectivity index (χ2v) is 16.4. The predicted molar refractivity (Wildman–Crippen MR) is 155 cm³/mol. The van der Waals surface area contributed by atoms with Gasteiger partial charge in [-0.3, -0.25) is 4.79 Å². The summed E-state index contributed by atoms with van der Waals surface area (Å²) in [4.78, 5) is 11.7. The molecule has 0 bridgehead atoms. The van der Waals surface area contributed by atoms with E-state index in [2.05, 4.69) is 112 Å². The van der Waals surface area contributed by atoms with Gasteiger partial charge in [-0.1, -0.05) is 112 Å². The van der Waals surface area contributed by atoms with Gasteiger partial charge in [0.1, 0.15) is 6.61 Å². The maximum atomic E-state index is 11.7. The molecular weight excluding hydrogens is 480 g/mol. The van der Waals surface area contributed by atoms with Crippen LogP contribution < -0.4 is 0 Å². The van der Waals surface area contributed by atoms with Crippen LogP contribution in [-0.4, -0.2) is 27.5 Å². The molecule has 0 aliphatic heterocycles. The summed E-state index contributed by atoms with van der Waals surface area (Å²) in [6.45, 7) is 13.3. The highest BCUT2D eigenvalue weighted by Crippen LogP contribution is 2.49. The van der Waals surface area contributed by atoms with Crippen LogP contribution in [0.4, 0.5) is 0 Å². The van der Waals surface area contributed by atoms with Gasteiger partial charge in [-0.05, 0) is 45.8 Å². The van der Waals surface area contributed by atoms with E-state index in [1.807, 2.05) is 18.2 Å². The smallest absolute Gasteiger partial charge is 0.302 e. The van der Waals surface area contributed by atoms with Crippen molar-refractivity contribution in [1.82, 2.24) is 0 Å². The summed E-state index contributed by atoms with van der Waals surface area (Å²) < 4.78 is 11.5. The molecule has 5 heteroatoms. The summed E-state index contributed by atoms with van der Waals surface area (Å²) in [6, 6.07) is 31.7. The Morgan fingerprint density at radius 2 is 1.19 bits per heavy atom. The molecular formula is C31H38O3SSi. The van der Waals surface area contributed by atoms with Gasteiger partial charge >= 0.3 is 5.97 Å². The molecule has 0 N–H and O–H groups in total. The zero-order valence-electron chi connectivity index (χ0n) is 22.3. The first-order chi connectivity index (χ1) is 17.1. The van der Waals surface area contributed by atoms with Crippen LogP contribution in [0.15, 0.2) is 102 Å². The fourth-order valence-electron chi connectivity index (χ4n) is 3.69. The minimum Gasteiger partial charge on any atom is -0.461 e. The third kappa shape index (κ3) is 6.78. The van der Waals surface area contributed by atoms with E-state index >= 15 is 0 Å². The van der Waals surface area contributed by atoms with Crippen LogP contribution in [0.1, 0.15) is 44.4 Å². The molecule has 0 radical (unpaired) electrons. The average Bonchev–Trinajstić information content (AvgIpc) is 2.86. The van der Waals surface area contributed by atoms with Crippen LogP contribution in [0.5, 0.6) is 0 Å². The van der Waals surface area contributed by atoms with Gasteiger partial charge < -0.3 is 9.16 Å². The number of esters is 1. The highest BCUT2D eigenvalue weighted by molar-refractivity contribution is 8.03. The Morgan fingerprint density at radius 3 is 1.56 bits per heavy atom. The van der Waals surface area contributed by atoms with E-state index in [4.69, 9.17) is 9.16 Å². The lowest BCUT2D eigenvalue weighted by molar-refractivity contribution is -0.140. The number of thioether (sulfide) groups is 1. The van der Waals surface area contributed by atoms with Gasteiger partial charge in [-0.25, -0.2) is 0 Å². The third-order valence-corrected chi connectivity index (χ3v) is 12.8. The molecule has 0 aromatic heterocycles. The molecule has 3 aromatic rings. The second-order valence-electron chi connectivity index (χ2n) is 10.5. The molecule has 0 amide bonds. The van der Waals surface area contributed by atoms with E-state index in [1.54, 1.807) is 11.8 Å². The Labute approximate surface area is 222 Å². The minimum atomic E-state index is -1.98. The zero-order valence-corrected chi connectivity index (χ0v) is 24.1. The van der Waals surface area contributed by atoms with E-state index in [1.165, 1.54) is 23.6 Å². The van der Waals surface area contributed by atoms with Gasteiger partial charge in [0.25, 0.3) is 0 Å². The van der Waals surface area contributed by atoms with Crippen LogP contribution in [0.2, 0.25) is 18.1 Å². The molecule has 0 heterocycles. The van der Waals surface area contributed by atoms with Crippen molar-refractivity contribution in [3.8, 4) is 0 Å². The molecule has 0 aliphatic carbocycles. The highest BCUT2D eigenvalue weighted by atomic mass is 32.2. The summed E-state index contributed by atoms with van der Waals surface area (Å²) in [5.41, 5.74) is 4.49. The van der Waals surface area contributed by atoms with E-state index in [0.29, 0.717) is 6.61 Å². The number of benzene rings is 3. The fraction of sp³-hybridized carbons (Fsp3) is 0.323. The van der Waals surface area contributed by atoms with Crippen molar-refractivity contribution in [1.29, 1.82) is 0 Å². The first-order valence-corrected chi connectivity index (χ1v) is 16.1. The number of carbonyl (C=O) groups excluding carboxylic acids is 1. The van der Waals surface area contributed by atoms with Crippen molar-refractivity contribution >= 4 is 26.0 Å². The second kappa shape index (κ2) is 12.1. The molecule has 36 heavy (non-hydrogen) atoms. The molecule has 0 unspecified atom stereocenters. The lowest BCUT2D eigenvalue weighted by Crippen LogP contribution is -2.41. The Kier molecular flexibility index (Phi) is 9.39. The summed E-state index contributed by atoms with van der Waals surface area (Å²) >= 11 is 1.73. The maximum absolute atomic E-state index is 11.7. The van der Waals surface area contributed by atoms with Gasteiger partial charge in [-0.15, -0.1) is 11.8 Å². The monoisotopic (exact) mass is 518 g/mol. The van der Waals surface area contributed by atoms with Crippen molar-refractivity contribution in [2.45, 2.75) is 50.6 Å². The van der Waals surface area contributed by atoms with Crippen LogP contribution in [0.25, 0.3) is 0 Å². The molecule has 3 nitrogen and oxygen atoms in total. The summed E-state index contributed by atoms with van der Waals surface area (Å²) in [5.74, 6) is -0.293. The summed E-state index contributed by atoms with van der Waals surface area (Å²) in [5, 5.41) is 2.23. The van der Waals surface area contributed by atoms with Crippen molar-refractivity contribution in [3.63, 3.8) is 0 Å². The molecule has 3 aromatic carbocycles. The number of rotatable bonds is 10. The molecule has 0 saturated carbocycles. The molecule has 190 valence electrons. The number of hydrogen-bond acceptors (Lipinski definition) is 4. The van der Waals surface area contributed by atoms with Gasteiger partial charge in [0.2, 0.25) is 0 Å². The number of carbonyl (C=O) groups is 1. The van der Waals surface area contributed by atoms with Crippen LogP contribution in [0, 0.1) is 0 Å². The molecule has 0 saturated heterocycles. The van der Waals surface area contributed by atoms with Gasteiger partial charge in [0, 0.05) is 6.92 Å². The first-order valence-electron chi connectivity index (χ1n) is 12.4. The molecule has 0 spiro atoms. The Hall–Kier alpha value is -2.60. The molecule has 0 aliphatic rings. The third-order valence-electron chi connectivity index (χ3n) is 6.83. The largest absolute Gasteiger partial charge is 0.461 e. The van der Waals surface area contributed by atoms with Gasteiger partial charge in [-0.2, -0.15) is 0 Å². The normalized spacial score (nSPS) is 12.9. The Morgan fingerprint density at radius 1 is 0.778 bits per heavy atom. The van der Waals surface area contributed by atoms with Crippen molar-refractivity contribution in [3.05, 3.63) is 119 Å². The van der Waals surface area contributed by atoms with E-state index in [0.717, 1.165) is 5.57 Å². The standard InChI is InChI=1S/C31H38O3SSi/c1-25(32)33-22-26(23-34-36(5,6)30(2,3)4)24-35-31(27-16-10-7-11-17-27,28-18-12-8-13-19-28)29-20-14-9-15-21-29/h7-21,24H,22-23H2,1-6H3. The summed E-state index contributed by atoms with van der Waals surface area (Å²) in [7, 11) is -1.98. The SMILES string of the molecule is CC(=O)OCC(=CSC(c1ccccc1)(c1ccccc1)c1ccccc1)CO[Si](C)(C)C(C)(C)C. The van der Waals surface area contributed by atoms with Crippen LogP contribution in [0.3, 0.4) is 0 Å². The molecule has 3 rings (SSSR count). The Balaban J connectivity index is 2.10. The van der Waals surface area contributed by atoms with Gasteiger partial charge in [0.15, 0.2) is 8.32 Å². The molecule has 0 fully saturated rings. The van der Waals surface area contributed by atoms with Gasteiger partial charge in [0.05, 0.1) is 11.4 Å². The maximum Gasteiger partial charge on any atom is 0.302 e. The fourth-order valence-corrected chi connectivity index (χ4v) is 5.96. The molecule has 0 atom stereocenters. The quantitative estimate of drug-likeness (QED) is 0.154. The van der Waals surface area contributed by atoms with E-state index in [9.17, 15) is 4.79 Å². The predicted octanol–water partition coefficient (Wildman–Crippen LogP) is 8.18. The highest BCUT2D eigenvalue weighted by Gasteiger charge is 2.38. The lowest BCUT2D eigenvalue weighted by Gasteiger charge is -2.37. The van der Waals surface area contributed by atoms with Crippen LogP contribution >= 0.6 is 11.8 Å². The van der Waals surface area contributed by atoms with E-state index in [-0.39, 0.29) is 17.6 Å². The van der Waals surface area contributed by atoms with E-state index < -0.39 is 13.1 Å². The first kappa shape index (κ1) is 28.0. The summed E-state index contributed by atoms with van der Waals surface area (Å²) in [6.07, 6.45) is 0. The number of ether oxygens (including phenoxy) is 1. The Bertz CT molecular complexity index is 1040. The van der Waals surface area contributed by atoms with Crippen molar-refractivity contribution in [2.24, 2.45) is 0 Å². The topological polar surface area (TPSA) is 35.5 Å². The zero-order chi connectivity index (χ0) is 26.2. The van der Waals surface area contributed by atoms with Crippen molar-refractivity contribution < 1.29 is 14.0 Å².